The second kappa shape index (κ2) is 8.34. The fourth-order valence-electron chi connectivity index (χ4n) is 2.02. The SMILES string of the molecule is CCOc1ccc(C(C)=O)cc1CN(CC)CCC#N. The van der Waals surface area contributed by atoms with Gasteiger partial charge in [-0.1, -0.05) is 6.92 Å². The van der Waals surface area contributed by atoms with Crippen LogP contribution < -0.4 is 4.74 Å². The Morgan fingerprint density at radius 3 is 2.70 bits per heavy atom. The second-order valence-corrected chi connectivity index (χ2v) is 4.59. The maximum Gasteiger partial charge on any atom is 0.159 e. The molecular formula is C16H22N2O2. The number of hydrogen-bond donors (Lipinski definition) is 0. The molecule has 20 heavy (non-hydrogen) atoms. The monoisotopic (exact) mass is 274 g/mol. The predicted octanol–water partition coefficient (Wildman–Crippen LogP) is 3.02. The van der Waals surface area contributed by atoms with Crippen LogP contribution in [-0.2, 0) is 6.54 Å². The van der Waals surface area contributed by atoms with E-state index in [0.717, 1.165) is 24.4 Å². The van der Waals surface area contributed by atoms with Crippen LogP contribution in [0.5, 0.6) is 5.75 Å². The lowest BCUT2D eigenvalue weighted by molar-refractivity contribution is 0.101. The third-order valence-corrected chi connectivity index (χ3v) is 3.15. The molecular weight excluding hydrogens is 252 g/mol. The number of carbonyl (C=O) groups excluding carboxylic acids is 1. The van der Waals surface area contributed by atoms with E-state index in [0.29, 0.717) is 25.1 Å². The fourth-order valence-corrected chi connectivity index (χ4v) is 2.02. The highest BCUT2D eigenvalue weighted by atomic mass is 16.5. The third kappa shape index (κ3) is 4.67. The Labute approximate surface area is 121 Å². The molecule has 1 rings (SSSR count). The molecule has 0 heterocycles. The van der Waals surface area contributed by atoms with Gasteiger partial charge < -0.3 is 4.74 Å². The van der Waals surface area contributed by atoms with Crippen molar-refractivity contribution >= 4 is 5.78 Å². The summed E-state index contributed by atoms with van der Waals surface area (Å²) >= 11 is 0. The van der Waals surface area contributed by atoms with E-state index in [2.05, 4.69) is 17.9 Å². The first-order valence-electron chi connectivity index (χ1n) is 6.98. The molecule has 0 aliphatic carbocycles. The van der Waals surface area contributed by atoms with Crippen molar-refractivity contribution < 1.29 is 9.53 Å². The predicted molar refractivity (Wildman–Crippen MR) is 78.8 cm³/mol. The molecule has 0 amide bonds. The molecule has 0 saturated carbocycles. The van der Waals surface area contributed by atoms with E-state index >= 15 is 0 Å². The summed E-state index contributed by atoms with van der Waals surface area (Å²) in [6, 6.07) is 7.70. The summed E-state index contributed by atoms with van der Waals surface area (Å²) in [4.78, 5) is 13.7. The molecule has 1 aromatic rings. The molecule has 0 atom stereocenters. The summed E-state index contributed by atoms with van der Waals surface area (Å²) in [5.41, 5.74) is 1.69. The number of ketones is 1. The first kappa shape index (κ1) is 16.2. The Morgan fingerprint density at radius 1 is 1.40 bits per heavy atom. The van der Waals surface area contributed by atoms with Crippen molar-refractivity contribution in [3.8, 4) is 11.8 Å². The van der Waals surface area contributed by atoms with Crippen molar-refractivity contribution in [3.05, 3.63) is 29.3 Å². The van der Waals surface area contributed by atoms with Crippen molar-refractivity contribution in [1.82, 2.24) is 4.90 Å². The highest BCUT2D eigenvalue weighted by Gasteiger charge is 2.11. The molecule has 0 aromatic heterocycles. The maximum absolute atomic E-state index is 11.5. The molecule has 0 radical (unpaired) electrons. The number of nitrogens with zero attached hydrogens (tertiary/aromatic N) is 2. The number of rotatable bonds is 8. The summed E-state index contributed by atoms with van der Waals surface area (Å²) in [5.74, 6) is 0.863. The number of benzene rings is 1. The minimum atomic E-state index is 0.0503. The molecule has 0 fully saturated rings. The largest absolute Gasteiger partial charge is 0.494 e. The van der Waals surface area contributed by atoms with E-state index in [1.54, 1.807) is 13.0 Å². The fraction of sp³-hybridized carbons (Fsp3) is 0.500. The lowest BCUT2D eigenvalue weighted by Gasteiger charge is -2.21. The van der Waals surface area contributed by atoms with Crippen LogP contribution in [0.4, 0.5) is 0 Å². The zero-order chi connectivity index (χ0) is 15.0. The van der Waals surface area contributed by atoms with Gasteiger partial charge in [-0.15, -0.1) is 0 Å². The van der Waals surface area contributed by atoms with Crippen LogP contribution in [0.2, 0.25) is 0 Å². The van der Waals surface area contributed by atoms with Gasteiger partial charge in [0, 0.05) is 30.6 Å². The molecule has 0 aliphatic rings. The van der Waals surface area contributed by atoms with Crippen LogP contribution in [0.25, 0.3) is 0 Å². The van der Waals surface area contributed by atoms with Crippen LogP contribution >= 0.6 is 0 Å². The first-order valence-corrected chi connectivity index (χ1v) is 6.98. The average molecular weight is 274 g/mol. The highest BCUT2D eigenvalue weighted by molar-refractivity contribution is 5.94. The van der Waals surface area contributed by atoms with Crippen molar-refractivity contribution in [2.75, 3.05) is 19.7 Å². The molecule has 108 valence electrons. The van der Waals surface area contributed by atoms with Gasteiger partial charge in [-0.05, 0) is 38.6 Å². The van der Waals surface area contributed by atoms with E-state index in [4.69, 9.17) is 10.00 Å². The normalized spacial score (nSPS) is 10.3. The molecule has 0 spiro atoms. The number of hydrogen-bond acceptors (Lipinski definition) is 4. The average Bonchev–Trinajstić information content (AvgIpc) is 2.44. The Hall–Kier alpha value is -1.86. The topological polar surface area (TPSA) is 53.3 Å². The Morgan fingerprint density at radius 2 is 2.15 bits per heavy atom. The van der Waals surface area contributed by atoms with E-state index in [9.17, 15) is 4.79 Å². The summed E-state index contributed by atoms with van der Waals surface area (Å²) in [6.07, 6.45) is 0.504. The van der Waals surface area contributed by atoms with Crippen molar-refractivity contribution in [2.45, 2.75) is 33.7 Å². The zero-order valence-corrected chi connectivity index (χ0v) is 12.5. The van der Waals surface area contributed by atoms with Crippen LogP contribution in [0.3, 0.4) is 0 Å². The molecule has 4 heteroatoms. The second-order valence-electron chi connectivity index (χ2n) is 4.59. The summed E-state index contributed by atoms with van der Waals surface area (Å²) in [5, 5.41) is 8.69. The number of ether oxygens (including phenoxy) is 1. The number of nitriles is 1. The van der Waals surface area contributed by atoms with E-state index in [-0.39, 0.29) is 5.78 Å². The van der Waals surface area contributed by atoms with Gasteiger partial charge in [-0.25, -0.2) is 0 Å². The highest BCUT2D eigenvalue weighted by Crippen LogP contribution is 2.22. The van der Waals surface area contributed by atoms with Crippen LogP contribution in [0.1, 0.15) is 43.1 Å². The zero-order valence-electron chi connectivity index (χ0n) is 12.5. The quantitative estimate of drug-likeness (QED) is 0.684. The summed E-state index contributed by atoms with van der Waals surface area (Å²) in [7, 11) is 0. The van der Waals surface area contributed by atoms with Crippen molar-refractivity contribution in [1.29, 1.82) is 5.26 Å². The molecule has 1 aromatic carbocycles. The smallest absolute Gasteiger partial charge is 0.159 e. The first-order chi connectivity index (χ1) is 9.62. The molecule has 0 bridgehead atoms. The van der Waals surface area contributed by atoms with Crippen LogP contribution in [-0.4, -0.2) is 30.4 Å². The van der Waals surface area contributed by atoms with E-state index in [1.807, 2.05) is 19.1 Å². The van der Waals surface area contributed by atoms with Gasteiger partial charge in [-0.2, -0.15) is 5.26 Å². The van der Waals surface area contributed by atoms with Crippen LogP contribution in [0.15, 0.2) is 18.2 Å². The molecule has 0 aliphatic heterocycles. The van der Waals surface area contributed by atoms with Crippen LogP contribution in [0, 0.1) is 11.3 Å². The molecule has 0 saturated heterocycles. The number of Topliss-reactive ketones (excluding diaryl/α,β-unsaturated/α-hetero) is 1. The molecule has 0 unspecified atom stereocenters. The van der Waals surface area contributed by atoms with E-state index in [1.165, 1.54) is 0 Å². The lowest BCUT2D eigenvalue weighted by atomic mass is 10.1. The van der Waals surface area contributed by atoms with Gasteiger partial charge in [0.1, 0.15) is 5.75 Å². The van der Waals surface area contributed by atoms with Gasteiger partial charge in [0.25, 0.3) is 0 Å². The van der Waals surface area contributed by atoms with E-state index < -0.39 is 0 Å². The van der Waals surface area contributed by atoms with Crippen molar-refractivity contribution in [2.24, 2.45) is 0 Å². The maximum atomic E-state index is 11.5. The minimum absolute atomic E-state index is 0.0503. The Kier molecular flexibility index (Phi) is 6.75. The summed E-state index contributed by atoms with van der Waals surface area (Å²) < 4.78 is 5.62. The van der Waals surface area contributed by atoms with Gasteiger partial charge in [0.2, 0.25) is 0 Å². The summed E-state index contributed by atoms with van der Waals surface area (Å²) in [6.45, 7) is 8.43. The van der Waals surface area contributed by atoms with Gasteiger partial charge in [-0.3, -0.25) is 9.69 Å². The van der Waals surface area contributed by atoms with Gasteiger partial charge in [0.15, 0.2) is 5.78 Å². The molecule has 4 nitrogen and oxygen atoms in total. The minimum Gasteiger partial charge on any atom is -0.494 e. The Balaban J connectivity index is 2.96. The standard InChI is InChI=1S/C16H22N2O2/c1-4-18(10-6-9-17)12-15-11-14(13(3)19)7-8-16(15)20-5-2/h7-8,11H,4-6,10,12H2,1-3H3. The Bertz CT molecular complexity index is 492. The molecule has 0 N–H and O–H groups in total. The van der Waals surface area contributed by atoms with Crippen molar-refractivity contribution in [3.63, 3.8) is 0 Å². The third-order valence-electron chi connectivity index (χ3n) is 3.15. The van der Waals surface area contributed by atoms with Gasteiger partial charge in [0.05, 0.1) is 12.7 Å². The lowest BCUT2D eigenvalue weighted by Crippen LogP contribution is -2.24. The number of carbonyl (C=O) groups is 1. The van der Waals surface area contributed by atoms with Gasteiger partial charge >= 0.3 is 0 Å².